The first kappa shape index (κ1) is 12.2. The molecule has 1 heterocycles. The van der Waals surface area contributed by atoms with Gasteiger partial charge in [0.25, 0.3) is 0 Å². The van der Waals surface area contributed by atoms with Crippen LogP contribution in [0.4, 0.5) is 4.79 Å². The lowest BCUT2D eigenvalue weighted by atomic mass is 10.2. The molecule has 0 aliphatic carbocycles. The maximum atomic E-state index is 11.2. The molecule has 8 nitrogen and oxygen atoms in total. The van der Waals surface area contributed by atoms with E-state index in [0.29, 0.717) is 6.54 Å². The number of urea groups is 1. The van der Waals surface area contributed by atoms with Crippen molar-refractivity contribution in [3.8, 4) is 0 Å². The Morgan fingerprint density at radius 1 is 1.56 bits per heavy atom. The number of amides is 3. The van der Waals surface area contributed by atoms with Gasteiger partial charge in [-0.3, -0.25) is 4.79 Å². The van der Waals surface area contributed by atoms with Gasteiger partial charge in [-0.2, -0.15) is 0 Å². The molecule has 1 saturated heterocycles. The fraction of sp³-hybridized carbons (Fsp3) is 0.625. The van der Waals surface area contributed by atoms with Gasteiger partial charge in [-0.1, -0.05) is 0 Å². The lowest BCUT2D eigenvalue weighted by molar-refractivity contribution is -0.146. The van der Waals surface area contributed by atoms with Crippen molar-refractivity contribution in [2.24, 2.45) is 0 Å². The average Bonchev–Trinajstić information content (AvgIpc) is 2.60. The maximum absolute atomic E-state index is 11.2. The molecular weight excluding hydrogens is 218 g/mol. The molecule has 0 bridgehead atoms. The zero-order valence-electron chi connectivity index (χ0n) is 8.40. The second kappa shape index (κ2) is 5.31. The SMILES string of the molecule is O=C1CC(NC(=O)NC[C@H](O)C(=O)O)CN1. The van der Waals surface area contributed by atoms with Crippen LogP contribution in [-0.4, -0.2) is 53.4 Å². The van der Waals surface area contributed by atoms with Gasteiger partial charge >= 0.3 is 12.0 Å². The van der Waals surface area contributed by atoms with E-state index in [-0.39, 0.29) is 24.9 Å². The number of carbonyl (C=O) groups excluding carboxylic acids is 2. The molecule has 3 amide bonds. The third kappa shape index (κ3) is 3.73. The van der Waals surface area contributed by atoms with Crippen LogP contribution in [0.25, 0.3) is 0 Å². The summed E-state index contributed by atoms with van der Waals surface area (Å²) in [6, 6.07) is -0.906. The first-order valence-electron chi connectivity index (χ1n) is 4.71. The van der Waals surface area contributed by atoms with Gasteiger partial charge in [0.05, 0.1) is 12.6 Å². The Morgan fingerprint density at radius 3 is 2.75 bits per heavy atom. The molecule has 1 unspecified atom stereocenters. The van der Waals surface area contributed by atoms with Crippen LogP contribution < -0.4 is 16.0 Å². The number of aliphatic hydroxyl groups is 1. The predicted octanol–water partition coefficient (Wildman–Crippen LogP) is -2.38. The first-order chi connectivity index (χ1) is 7.49. The third-order valence-corrected chi connectivity index (χ3v) is 2.05. The van der Waals surface area contributed by atoms with E-state index in [4.69, 9.17) is 10.2 Å². The zero-order chi connectivity index (χ0) is 12.1. The molecule has 1 aliphatic rings. The van der Waals surface area contributed by atoms with Crippen molar-refractivity contribution in [1.82, 2.24) is 16.0 Å². The molecule has 8 heteroatoms. The third-order valence-electron chi connectivity index (χ3n) is 2.05. The van der Waals surface area contributed by atoms with Crippen molar-refractivity contribution < 1.29 is 24.6 Å². The number of nitrogens with one attached hydrogen (secondary N) is 3. The van der Waals surface area contributed by atoms with Crippen LogP contribution in [0.3, 0.4) is 0 Å². The Balaban J connectivity index is 2.21. The van der Waals surface area contributed by atoms with Crippen molar-refractivity contribution in [1.29, 1.82) is 0 Å². The number of hydrogen-bond acceptors (Lipinski definition) is 4. The van der Waals surface area contributed by atoms with Gasteiger partial charge in [-0.25, -0.2) is 9.59 Å². The number of aliphatic carboxylic acids is 1. The molecule has 5 N–H and O–H groups in total. The summed E-state index contributed by atoms with van der Waals surface area (Å²) < 4.78 is 0. The highest BCUT2D eigenvalue weighted by molar-refractivity contribution is 5.81. The van der Waals surface area contributed by atoms with E-state index < -0.39 is 18.1 Å². The quantitative estimate of drug-likeness (QED) is 0.369. The fourth-order valence-electron chi connectivity index (χ4n) is 1.22. The second-order valence-electron chi connectivity index (χ2n) is 3.41. The number of rotatable bonds is 4. The van der Waals surface area contributed by atoms with Crippen molar-refractivity contribution in [3.63, 3.8) is 0 Å². The molecule has 0 aromatic heterocycles. The van der Waals surface area contributed by atoms with Gasteiger partial charge in [0.15, 0.2) is 6.10 Å². The highest BCUT2D eigenvalue weighted by atomic mass is 16.4. The van der Waals surface area contributed by atoms with Gasteiger partial charge in [0, 0.05) is 13.0 Å². The second-order valence-corrected chi connectivity index (χ2v) is 3.41. The molecular formula is C8H13N3O5. The molecule has 1 fully saturated rings. The van der Waals surface area contributed by atoms with E-state index in [9.17, 15) is 14.4 Å². The highest BCUT2D eigenvalue weighted by Gasteiger charge is 2.23. The van der Waals surface area contributed by atoms with Crippen LogP contribution in [0.15, 0.2) is 0 Å². The van der Waals surface area contributed by atoms with Crippen LogP contribution in [-0.2, 0) is 9.59 Å². The smallest absolute Gasteiger partial charge is 0.334 e. The Kier molecular flexibility index (Phi) is 4.06. The zero-order valence-corrected chi connectivity index (χ0v) is 8.40. The van der Waals surface area contributed by atoms with Crippen molar-refractivity contribution in [2.45, 2.75) is 18.6 Å². The van der Waals surface area contributed by atoms with Gasteiger partial charge in [-0.05, 0) is 0 Å². The minimum absolute atomic E-state index is 0.143. The number of hydrogen-bond donors (Lipinski definition) is 5. The maximum Gasteiger partial charge on any atom is 0.334 e. The summed E-state index contributed by atoms with van der Waals surface area (Å²) in [4.78, 5) is 32.2. The molecule has 0 radical (unpaired) electrons. The van der Waals surface area contributed by atoms with Gasteiger partial charge in [0.1, 0.15) is 0 Å². The summed E-state index contributed by atoms with van der Waals surface area (Å²) in [5.41, 5.74) is 0. The van der Waals surface area contributed by atoms with Crippen LogP contribution in [0.5, 0.6) is 0 Å². The summed E-state index contributed by atoms with van der Waals surface area (Å²) in [6.45, 7) is -0.0248. The van der Waals surface area contributed by atoms with Crippen molar-refractivity contribution >= 4 is 17.9 Å². The van der Waals surface area contributed by atoms with E-state index in [1.54, 1.807) is 0 Å². The van der Waals surface area contributed by atoms with Crippen LogP contribution >= 0.6 is 0 Å². The number of carbonyl (C=O) groups is 3. The molecule has 16 heavy (non-hydrogen) atoms. The Labute approximate surface area is 91.0 Å². The number of aliphatic hydroxyl groups excluding tert-OH is 1. The van der Waals surface area contributed by atoms with Gasteiger partial charge in [-0.15, -0.1) is 0 Å². The van der Waals surface area contributed by atoms with Crippen LogP contribution in [0, 0.1) is 0 Å². The van der Waals surface area contributed by atoms with E-state index in [0.717, 1.165) is 0 Å². The molecule has 2 atom stereocenters. The minimum atomic E-state index is -1.63. The fourth-order valence-corrected chi connectivity index (χ4v) is 1.22. The summed E-state index contributed by atoms with van der Waals surface area (Å²) in [7, 11) is 0. The molecule has 0 aromatic rings. The standard InChI is InChI=1S/C8H13N3O5/c12-5(7(14)15)3-10-8(16)11-4-1-6(13)9-2-4/h4-5,12H,1-3H2,(H,9,13)(H,14,15)(H2,10,11,16)/t4?,5-/m0/s1. The topological polar surface area (TPSA) is 128 Å². The molecule has 1 rings (SSSR count). The van der Waals surface area contributed by atoms with Gasteiger partial charge < -0.3 is 26.2 Å². The minimum Gasteiger partial charge on any atom is -0.479 e. The molecule has 0 saturated carbocycles. The van der Waals surface area contributed by atoms with E-state index >= 15 is 0 Å². The Hall–Kier alpha value is -1.83. The van der Waals surface area contributed by atoms with Crippen LogP contribution in [0.2, 0.25) is 0 Å². The van der Waals surface area contributed by atoms with E-state index in [1.807, 2.05) is 0 Å². The van der Waals surface area contributed by atoms with E-state index in [1.165, 1.54) is 0 Å². The summed E-state index contributed by atoms with van der Waals surface area (Å²) in [5, 5.41) is 24.4. The molecule has 1 aliphatic heterocycles. The lowest BCUT2D eigenvalue weighted by Gasteiger charge is -2.12. The molecule has 90 valence electrons. The predicted molar refractivity (Wildman–Crippen MR) is 51.6 cm³/mol. The highest BCUT2D eigenvalue weighted by Crippen LogP contribution is 1.98. The molecule has 0 spiro atoms. The Morgan fingerprint density at radius 2 is 2.25 bits per heavy atom. The van der Waals surface area contributed by atoms with Crippen LogP contribution in [0.1, 0.15) is 6.42 Å². The molecule has 0 aromatic carbocycles. The number of carboxylic acid groups (broad SMARTS) is 1. The average molecular weight is 231 g/mol. The van der Waals surface area contributed by atoms with Crippen molar-refractivity contribution in [3.05, 3.63) is 0 Å². The lowest BCUT2D eigenvalue weighted by Crippen LogP contribution is -2.46. The first-order valence-corrected chi connectivity index (χ1v) is 4.71. The summed E-state index contributed by atoms with van der Waals surface area (Å²) in [5.74, 6) is -1.55. The van der Waals surface area contributed by atoms with E-state index in [2.05, 4.69) is 16.0 Å². The Bertz CT molecular complexity index is 306. The summed E-state index contributed by atoms with van der Waals surface area (Å²) >= 11 is 0. The normalized spacial score (nSPS) is 21.1. The summed E-state index contributed by atoms with van der Waals surface area (Å²) in [6.07, 6.45) is -1.43. The van der Waals surface area contributed by atoms with Gasteiger partial charge in [0.2, 0.25) is 5.91 Å². The largest absolute Gasteiger partial charge is 0.479 e. The van der Waals surface area contributed by atoms with Crippen molar-refractivity contribution in [2.75, 3.05) is 13.1 Å². The number of carboxylic acids is 1. The monoisotopic (exact) mass is 231 g/mol.